The Kier molecular flexibility index (Phi) is 8.98. The minimum atomic E-state index is -0.302. The molecular formula is C22H29Cl2N5O2. The molecule has 0 saturated carbocycles. The third-order valence-electron chi connectivity index (χ3n) is 4.88. The van der Waals surface area contributed by atoms with Crippen LogP contribution in [0.25, 0.3) is 0 Å². The highest BCUT2D eigenvalue weighted by molar-refractivity contribution is 6.42. The molecule has 1 aromatic carbocycles. The van der Waals surface area contributed by atoms with Crippen molar-refractivity contribution in [2.45, 2.75) is 45.7 Å². The van der Waals surface area contributed by atoms with E-state index < -0.39 is 0 Å². The average Bonchev–Trinajstić information content (AvgIpc) is 3.43. The standard InChI is InChI=1S/C15H13Cl2N3O.C5H10N2O.C2H6/c1-8-14(9(2)21)15(20-13(19-8)5-6-18-20)10-3-4-11(16)12(17)7-10;6-5(8)4-2-1-3-7-4;1-2/h3-7,15,19,21H,2H2,1H3;4,7H,1-3H2,(H2,6,8);1-2H3. The van der Waals surface area contributed by atoms with Gasteiger partial charge in [0.05, 0.1) is 22.3 Å². The van der Waals surface area contributed by atoms with E-state index in [4.69, 9.17) is 28.9 Å². The molecule has 0 radical (unpaired) electrons. The van der Waals surface area contributed by atoms with E-state index in [1.54, 1.807) is 23.0 Å². The van der Waals surface area contributed by atoms with Gasteiger partial charge in [0, 0.05) is 17.3 Å². The van der Waals surface area contributed by atoms with Crippen molar-refractivity contribution in [3.8, 4) is 0 Å². The van der Waals surface area contributed by atoms with E-state index in [0.29, 0.717) is 15.6 Å². The Morgan fingerprint density at radius 1 is 1.29 bits per heavy atom. The first-order chi connectivity index (χ1) is 14.8. The first-order valence-electron chi connectivity index (χ1n) is 10.2. The summed E-state index contributed by atoms with van der Waals surface area (Å²) in [5.41, 5.74) is 7.37. The fourth-order valence-corrected chi connectivity index (χ4v) is 3.80. The van der Waals surface area contributed by atoms with Gasteiger partial charge in [-0.2, -0.15) is 5.10 Å². The van der Waals surface area contributed by atoms with Crippen LogP contribution in [-0.2, 0) is 4.79 Å². The van der Waals surface area contributed by atoms with E-state index in [1.165, 1.54) is 0 Å². The number of amides is 1. The minimum absolute atomic E-state index is 0.00257. The second-order valence-electron chi connectivity index (χ2n) is 6.90. The van der Waals surface area contributed by atoms with Crippen molar-refractivity contribution >= 4 is 34.9 Å². The first kappa shape index (κ1) is 24.8. The van der Waals surface area contributed by atoms with E-state index in [-0.39, 0.29) is 23.8 Å². The lowest BCUT2D eigenvalue weighted by Crippen LogP contribution is -2.36. The number of hydrogen-bond donors (Lipinski definition) is 4. The molecule has 5 N–H and O–H groups in total. The number of anilines is 1. The summed E-state index contributed by atoms with van der Waals surface area (Å²) >= 11 is 12.1. The van der Waals surface area contributed by atoms with Gasteiger partial charge in [-0.05, 0) is 44.0 Å². The maximum atomic E-state index is 10.4. The number of fused-ring (bicyclic) bond motifs is 1. The van der Waals surface area contributed by atoms with E-state index >= 15 is 0 Å². The Morgan fingerprint density at radius 2 is 2.00 bits per heavy atom. The summed E-state index contributed by atoms with van der Waals surface area (Å²) in [6.45, 7) is 10.5. The molecule has 3 heterocycles. The van der Waals surface area contributed by atoms with Crippen LogP contribution in [0.4, 0.5) is 5.82 Å². The van der Waals surface area contributed by atoms with Crippen LogP contribution >= 0.6 is 23.2 Å². The molecule has 1 fully saturated rings. The fraction of sp³-hybridized carbons (Fsp3) is 0.364. The van der Waals surface area contributed by atoms with Crippen molar-refractivity contribution in [1.82, 2.24) is 15.1 Å². The van der Waals surface area contributed by atoms with Gasteiger partial charge >= 0.3 is 0 Å². The van der Waals surface area contributed by atoms with Crippen molar-refractivity contribution in [3.63, 3.8) is 0 Å². The topological polar surface area (TPSA) is 105 Å². The van der Waals surface area contributed by atoms with Gasteiger partial charge in [0.1, 0.15) is 17.6 Å². The number of halogens is 2. The molecule has 2 aliphatic rings. The number of allylic oxidation sites excluding steroid dienone is 2. The summed E-state index contributed by atoms with van der Waals surface area (Å²) in [5, 5.41) is 21.4. The second-order valence-corrected chi connectivity index (χ2v) is 7.71. The Bertz CT molecular complexity index is 965. The van der Waals surface area contributed by atoms with Gasteiger partial charge in [-0.3, -0.25) is 4.79 Å². The number of hydrogen-bond acceptors (Lipinski definition) is 5. The molecule has 9 heteroatoms. The summed E-state index contributed by atoms with van der Waals surface area (Å²) < 4.78 is 1.78. The zero-order valence-electron chi connectivity index (χ0n) is 18.0. The molecule has 2 aromatic rings. The van der Waals surface area contributed by atoms with E-state index in [2.05, 4.69) is 22.3 Å². The highest BCUT2D eigenvalue weighted by Crippen LogP contribution is 2.39. The molecule has 2 atom stereocenters. The Hall–Kier alpha value is -2.48. The Balaban J connectivity index is 0.000000286. The molecule has 2 unspecified atom stereocenters. The van der Waals surface area contributed by atoms with E-state index in [0.717, 1.165) is 36.5 Å². The highest BCUT2D eigenvalue weighted by Gasteiger charge is 2.30. The minimum Gasteiger partial charge on any atom is -0.508 e. The molecule has 0 bridgehead atoms. The molecular weight excluding hydrogens is 437 g/mol. The molecule has 2 aliphatic heterocycles. The molecule has 0 spiro atoms. The molecule has 1 saturated heterocycles. The zero-order chi connectivity index (χ0) is 23.1. The number of nitrogens with one attached hydrogen (secondary N) is 2. The number of primary amides is 1. The van der Waals surface area contributed by atoms with Gasteiger partial charge < -0.3 is 21.5 Å². The van der Waals surface area contributed by atoms with Gasteiger partial charge in [-0.15, -0.1) is 0 Å². The van der Waals surface area contributed by atoms with Gasteiger partial charge in [0.25, 0.3) is 0 Å². The van der Waals surface area contributed by atoms with Gasteiger partial charge in [-0.25, -0.2) is 4.68 Å². The van der Waals surface area contributed by atoms with E-state index in [1.807, 2.05) is 32.9 Å². The van der Waals surface area contributed by atoms with Gasteiger partial charge in [0.2, 0.25) is 5.91 Å². The number of carbonyl (C=O) groups is 1. The molecule has 1 aromatic heterocycles. The summed E-state index contributed by atoms with van der Waals surface area (Å²) in [7, 11) is 0. The third-order valence-corrected chi connectivity index (χ3v) is 5.62. The van der Waals surface area contributed by atoms with Crippen LogP contribution in [0, 0.1) is 0 Å². The van der Waals surface area contributed by atoms with Crippen LogP contribution in [0.3, 0.4) is 0 Å². The maximum Gasteiger partial charge on any atom is 0.234 e. The highest BCUT2D eigenvalue weighted by atomic mass is 35.5. The quantitative estimate of drug-likeness (QED) is 0.487. The fourth-order valence-electron chi connectivity index (χ4n) is 3.50. The first-order valence-corrected chi connectivity index (χ1v) is 10.9. The lowest BCUT2D eigenvalue weighted by Gasteiger charge is -2.30. The number of nitrogens with two attached hydrogens (primary N) is 1. The Labute approximate surface area is 192 Å². The number of aromatic nitrogens is 2. The summed E-state index contributed by atoms with van der Waals surface area (Å²) in [5.74, 6) is 0.619. The van der Waals surface area contributed by atoms with Crippen molar-refractivity contribution < 1.29 is 9.90 Å². The van der Waals surface area contributed by atoms with Crippen molar-refractivity contribution in [2.75, 3.05) is 11.9 Å². The lowest BCUT2D eigenvalue weighted by atomic mass is 9.94. The molecule has 7 nitrogen and oxygen atoms in total. The summed E-state index contributed by atoms with van der Waals surface area (Å²) in [4.78, 5) is 10.4. The number of carbonyl (C=O) groups excluding carboxylic acids is 1. The third kappa shape index (κ3) is 5.81. The predicted octanol–water partition coefficient (Wildman–Crippen LogP) is 4.80. The van der Waals surface area contributed by atoms with Crippen LogP contribution in [0.2, 0.25) is 10.0 Å². The molecule has 31 heavy (non-hydrogen) atoms. The SMILES string of the molecule is C=C(O)C1=C(C)Nc2ccnn2C1c1ccc(Cl)c(Cl)c1.CC.NC(=O)C1CCCN1. The molecule has 1 amide bonds. The number of nitrogens with zero attached hydrogens (tertiary/aromatic N) is 2. The molecule has 4 rings (SSSR count). The number of benzene rings is 1. The largest absolute Gasteiger partial charge is 0.508 e. The monoisotopic (exact) mass is 465 g/mol. The van der Waals surface area contributed by atoms with Crippen molar-refractivity contribution in [2.24, 2.45) is 5.73 Å². The normalized spacial score (nSPS) is 19.3. The summed E-state index contributed by atoms with van der Waals surface area (Å²) in [6.07, 6.45) is 3.69. The molecule has 0 aliphatic carbocycles. The second kappa shape index (κ2) is 11.2. The van der Waals surface area contributed by atoms with Crippen LogP contribution in [-0.4, -0.2) is 33.4 Å². The van der Waals surface area contributed by atoms with Gasteiger partial charge in [0.15, 0.2) is 0 Å². The molecule has 168 valence electrons. The van der Waals surface area contributed by atoms with Crippen LogP contribution < -0.4 is 16.4 Å². The lowest BCUT2D eigenvalue weighted by molar-refractivity contribution is -0.119. The van der Waals surface area contributed by atoms with Crippen LogP contribution in [0.1, 0.15) is 45.2 Å². The maximum absolute atomic E-state index is 10.4. The number of rotatable bonds is 3. The number of aliphatic hydroxyl groups excluding tert-OH is 1. The zero-order valence-corrected chi connectivity index (χ0v) is 19.5. The van der Waals surface area contributed by atoms with Crippen molar-refractivity contribution in [1.29, 1.82) is 0 Å². The summed E-state index contributed by atoms with van der Waals surface area (Å²) in [6, 6.07) is 6.90. The van der Waals surface area contributed by atoms with Gasteiger partial charge in [-0.1, -0.05) is 49.7 Å². The van der Waals surface area contributed by atoms with Crippen LogP contribution in [0.15, 0.2) is 54.1 Å². The number of aliphatic hydroxyl groups is 1. The van der Waals surface area contributed by atoms with Crippen molar-refractivity contribution in [3.05, 3.63) is 69.7 Å². The predicted molar refractivity (Wildman–Crippen MR) is 126 cm³/mol. The van der Waals surface area contributed by atoms with E-state index in [9.17, 15) is 9.90 Å². The van der Waals surface area contributed by atoms with Crippen LogP contribution in [0.5, 0.6) is 0 Å². The average molecular weight is 466 g/mol. The smallest absolute Gasteiger partial charge is 0.234 e. The Morgan fingerprint density at radius 3 is 2.52 bits per heavy atom.